The van der Waals surface area contributed by atoms with Crippen LogP contribution in [0.1, 0.15) is 35.7 Å². The van der Waals surface area contributed by atoms with Gasteiger partial charge in [-0.15, -0.1) is 0 Å². The van der Waals surface area contributed by atoms with Crippen LogP contribution in [0.25, 0.3) is 0 Å². The lowest BCUT2D eigenvalue weighted by Crippen LogP contribution is -2.31. The van der Waals surface area contributed by atoms with E-state index in [0.717, 1.165) is 11.3 Å². The lowest BCUT2D eigenvalue weighted by atomic mass is 10.0. The summed E-state index contributed by atoms with van der Waals surface area (Å²) in [6, 6.07) is 16.1. The number of hydrogen-bond donors (Lipinski definition) is 2. The summed E-state index contributed by atoms with van der Waals surface area (Å²) in [4.78, 5) is 13.3. The maximum absolute atomic E-state index is 11.6. The SMILES string of the molecule is CC(NC1c2ccccc2CC1O)c1ccc(N2CCOC2=O)cc1. The number of carbonyl (C=O) groups excluding carboxylic acids is 1. The summed E-state index contributed by atoms with van der Waals surface area (Å²) in [7, 11) is 0. The molecule has 25 heavy (non-hydrogen) atoms. The molecule has 3 atom stereocenters. The first kappa shape index (κ1) is 16.1. The molecule has 5 heteroatoms. The van der Waals surface area contributed by atoms with Crippen molar-refractivity contribution in [3.63, 3.8) is 0 Å². The van der Waals surface area contributed by atoms with E-state index in [4.69, 9.17) is 4.74 Å². The van der Waals surface area contributed by atoms with Crippen LogP contribution in [0.3, 0.4) is 0 Å². The number of carbonyl (C=O) groups is 1. The summed E-state index contributed by atoms with van der Waals surface area (Å²) in [5.41, 5.74) is 4.36. The van der Waals surface area contributed by atoms with E-state index in [-0.39, 0.29) is 18.2 Å². The molecule has 3 unspecified atom stereocenters. The number of fused-ring (bicyclic) bond motifs is 1. The van der Waals surface area contributed by atoms with Crippen molar-refractivity contribution in [1.82, 2.24) is 5.32 Å². The highest BCUT2D eigenvalue weighted by Crippen LogP contribution is 2.33. The molecule has 1 amide bonds. The van der Waals surface area contributed by atoms with Crippen molar-refractivity contribution in [1.29, 1.82) is 0 Å². The van der Waals surface area contributed by atoms with Crippen molar-refractivity contribution >= 4 is 11.8 Å². The minimum absolute atomic E-state index is 0.0561. The third kappa shape index (κ3) is 3.01. The van der Waals surface area contributed by atoms with Gasteiger partial charge in [-0.25, -0.2) is 4.79 Å². The Labute approximate surface area is 147 Å². The molecule has 0 aromatic heterocycles. The van der Waals surface area contributed by atoms with E-state index in [1.54, 1.807) is 4.90 Å². The van der Waals surface area contributed by atoms with Gasteiger partial charge in [0.25, 0.3) is 0 Å². The van der Waals surface area contributed by atoms with E-state index in [9.17, 15) is 9.90 Å². The van der Waals surface area contributed by atoms with E-state index in [1.165, 1.54) is 11.1 Å². The summed E-state index contributed by atoms with van der Waals surface area (Å²) in [5, 5.41) is 13.9. The number of anilines is 1. The normalized spacial score (nSPS) is 23.4. The standard InChI is InChI=1S/C20H22N2O3/c1-13(21-19-17-5-3-2-4-15(17)12-18(19)23)14-6-8-16(9-7-14)22-10-11-25-20(22)24/h2-9,13,18-19,21,23H,10-12H2,1H3. The number of aliphatic hydroxyl groups excluding tert-OH is 1. The van der Waals surface area contributed by atoms with Gasteiger partial charge in [-0.3, -0.25) is 4.90 Å². The second-order valence-electron chi connectivity index (χ2n) is 6.69. The fraction of sp³-hybridized carbons (Fsp3) is 0.350. The number of nitrogens with zero attached hydrogens (tertiary/aromatic N) is 1. The Kier molecular flexibility index (Phi) is 4.19. The van der Waals surface area contributed by atoms with E-state index in [1.807, 2.05) is 36.4 Å². The number of rotatable bonds is 4. The Bertz CT molecular complexity index is 775. The molecule has 1 aliphatic carbocycles. The predicted octanol–water partition coefficient (Wildman–Crippen LogP) is 2.95. The van der Waals surface area contributed by atoms with E-state index in [0.29, 0.717) is 19.6 Å². The zero-order valence-corrected chi connectivity index (χ0v) is 14.2. The van der Waals surface area contributed by atoms with Crippen LogP contribution in [-0.2, 0) is 11.2 Å². The summed E-state index contributed by atoms with van der Waals surface area (Å²) in [6.45, 7) is 3.13. The molecular weight excluding hydrogens is 316 g/mol. The van der Waals surface area contributed by atoms with Crippen LogP contribution < -0.4 is 10.2 Å². The topological polar surface area (TPSA) is 61.8 Å². The molecule has 2 aliphatic rings. The molecule has 1 saturated heterocycles. The first-order valence-corrected chi connectivity index (χ1v) is 8.69. The molecule has 5 nitrogen and oxygen atoms in total. The van der Waals surface area contributed by atoms with Gasteiger partial charge in [-0.05, 0) is 35.7 Å². The number of cyclic esters (lactones) is 1. The van der Waals surface area contributed by atoms with Crippen molar-refractivity contribution in [2.45, 2.75) is 31.5 Å². The molecule has 0 bridgehead atoms. The average Bonchev–Trinajstić information content (AvgIpc) is 3.19. The van der Waals surface area contributed by atoms with E-state index < -0.39 is 6.10 Å². The first-order chi connectivity index (χ1) is 12.1. The van der Waals surface area contributed by atoms with Crippen molar-refractivity contribution in [2.75, 3.05) is 18.1 Å². The molecule has 0 spiro atoms. The molecule has 2 aromatic rings. The van der Waals surface area contributed by atoms with Gasteiger partial charge in [0.05, 0.1) is 18.7 Å². The smallest absolute Gasteiger partial charge is 0.414 e. The molecule has 2 aromatic carbocycles. The van der Waals surface area contributed by atoms with Gasteiger partial charge in [-0.2, -0.15) is 0 Å². The van der Waals surface area contributed by atoms with Crippen molar-refractivity contribution < 1.29 is 14.6 Å². The molecule has 4 rings (SSSR count). The molecule has 0 radical (unpaired) electrons. The van der Waals surface area contributed by atoms with Crippen LogP contribution in [0, 0.1) is 0 Å². The van der Waals surface area contributed by atoms with Gasteiger partial charge in [-0.1, -0.05) is 36.4 Å². The summed E-state index contributed by atoms with van der Waals surface area (Å²) in [6.07, 6.45) is -0.000531. The Morgan fingerprint density at radius 3 is 2.68 bits per heavy atom. The van der Waals surface area contributed by atoms with Crippen LogP contribution in [0.2, 0.25) is 0 Å². The zero-order valence-electron chi connectivity index (χ0n) is 14.2. The van der Waals surface area contributed by atoms with Gasteiger partial charge in [0.1, 0.15) is 6.61 Å². The number of aliphatic hydroxyl groups is 1. The summed E-state index contributed by atoms with van der Waals surface area (Å²) >= 11 is 0. The van der Waals surface area contributed by atoms with Crippen LogP contribution in [0.5, 0.6) is 0 Å². The molecule has 2 N–H and O–H groups in total. The lowest BCUT2D eigenvalue weighted by Gasteiger charge is -2.24. The van der Waals surface area contributed by atoms with Crippen molar-refractivity contribution in [3.8, 4) is 0 Å². The van der Waals surface area contributed by atoms with Crippen LogP contribution in [0.4, 0.5) is 10.5 Å². The third-order valence-corrected chi connectivity index (χ3v) is 5.10. The molecule has 0 saturated carbocycles. The van der Waals surface area contributed by atoms with Gasteiger partial charge in [0, 0.05) is 18.2 Å². The lowest BCUT2D eigenvalue weighted by molar-refractivity contribution is 0.136. The monoisotopic (exact) mass is 338 g/mol. The number of benzene rings is 2. The van der Waals surface area contributed by atoms with Crippen LogP contribution in [0.15, 0.2) is 48.5 Å². The molecular formula is C20H22N2O3. The van der Waals surface area contributed by atoms with Gasteiger partial charge >= 0.3 is 6.09 Å². The van der Waals surface area contributed by atoms with Gasteiger partial charge < -0.3 is 15.2 Å². The average molecular weight is 338 g/mol. The molecule has 1 fully saturated rings. The van der Waals surface area contributed by atoms with Crippen molar-refractivity contribution in [3.05, 3.63) is 65.2 Å². The second kappa shape index (κ2) is 6.50. The van der Waals surface area contributed by atoms with Crippen LogP contribution in [-0.4, -0.2) is 30.5 Å². The van der Waals surface area contributed by atoms with Crippen molar-refractivity contribution in [2.24, 2.45) is 0 Å². The highest BCUT2D eigenvalue weighted by atomic mass is 16.6. The fourth-order valence-electron chi connectivity index (χ4n) is 3.71. The molecule has 1 heterocycles. The summed E-state index contributed by atoms with van der Waals surface area (Å²) in [5.74, 6) is 0. The minimum Gasteiger partial charge on any atom is -0.447 e. The Morgan fingerprint density at radius 1 is 1.20 bits per heavy atom. The van der Waals surface area contributed by atoms with E-state index >= 15 is 0 Å². The predicted molar refractivity (Wildman–Crippen MR) is 95.6 cm³/mol. The van der Waals surface area contributed by atoms with Crippen LogP contribution >= 0.6 is 0 Å². The highest BCUT2D eigenvalue weighted by Gasteiger charge is 2.31. The number of amides is 1. The van der Waals surface area contributed by atoms with Gasteiger partial charge in [0.2, 0.25) is 0 Å². The van der Waals surface area contributed by atoms with E-state index in [2.05, 4.69) is 24.4 Å². The Hall–Kier alpha value is -2.37. The first-order valence-electron chi connectivity index (χ1n) is 8.69. The van der Waals surface area contributed by atoms with Gasteiger partial charge in [0.15, 0.2) is 0 Å². The second-order valence-corrected chi connectivity index (χ2v) is 6.69. The quantitative estimate of drug-likeness (QED) is 0.900. The largest absolute Gasteiger partial charge is 0.447 e. The summed E-state index contributed by atoms with van der Waals surface area (Å²) < 4.78 is 4.98. The molecule has 130 valence electrons. The number of hydrogen-bond acceptors (Lipinski definition) is 4. The number of nitrogens with one attached hydrogen (secondary N) is 1. The molecule has 1 aliphatic heterocycles. The number of ether oxygens (including phenoxy) is 1. The fourth-order valence-corrected chi connectivity index (χ4v) is 3.71. The highest BCUT2D eigenvalue weighted by molar-refractivity contribution is 5.89. The zero-order chi connectivity index (χ0) is 17.4. The maximum atomic E-state index is 11.6. The minimum atomic E-state index is -0.404. The Morgan fingerprint density at radius 2 is 1.96 bits per heavy atom. The Balaban J connectivity index is 1.48. The third-order valence-electron chi connectivity index (χ3n) is 5.10. The maximum Gasteiger partial charge on any atom is 0.414 e.